The number of aromatic nitrogens is 4. The Kier molecular flexibility index (Phi) is 5.37. The quantitative estimate of drug-likeness (QED) is 0.419. The minimum Gasteiger partial charge on any atom is -0.394 e. The molecule has 0 spiro atoms. The molecule has 3 heterocycles. The van der Waals surface area contributed by atoms with Gasteiger partial charge in [-0.05, 0) is 12.0 Å². The van der Waals surface area contributed by atoms with Crippen LogP contribution in [0.25, 0.3) is 11.0 Å². The lowest BCUT2D eigenvalue weighted by molar-refractivity contribution is -0.0566. The van der Waals surface area contributed by atoms with Crippen LogP contribution in [0.2, 0.25) is 0 Å². The number of fused-ring (bicyclic) bond motifs is 1. The molecule has 3 N–H and O–H groups in total. The van der Waals surface area contributed by atoms with Gasteiger partial charge in [0.2, 0.25) is 0 Å². The molecular weight excluding hydrogens is 368 g/mol. The molecule has 1 aromatic carbocycles. The maximum absolute atomic E-state index is 10.2. The molecule has 142 valence electrons. The van der Waals surface area contributed by atoms with Crippen molar-refractivity contribution in [3.8, 4) is 0 Å². The molecule has 0 radical (unpaired) electrons. The molecule has 9 heteroatoms. The highest BCUT2D eigenvalue weighted by Gasteiger charge is 2.44. The molecule has 3 aromatic rings. The van der Waals surface area contributed by atoms with E-state index in [1.165, 1.54) is 16.6 Å². The lowest BCUT2D eigenvalue weighted by atomic mass is 10.1. The molecule has 4 atom stereocenters. The highest BCUT2D eigenvalue weighted by Crippen LogP contribution is 2.32. The number of rotatable bonds is 6. The number of benzene rings is 1. The first-order chi connectivity index (χ1) is 13.2. The minimum absolute atomic E-state index is 0.385. The van der Waals surface area contributed by atoms with Crippen molar-refractivity contribution in [2.45, 2.75) is 36.0 Å². The van der Waals surface area contributed by atoms with Crippen LogP contribution in [-0.2, 0) is 11.2 Å². The van der Waals surface area contributed by atoms with E-state index in [0.717, 1.165) is 22.6 Å². The predicted octanol–water partition coefficient (Wildman–Crippen LogP) is 0.773. The van der Waals surface area contributed by atoms with E-state index in [-0.39, 0.29) is 6.61 Å². The van der Waals surface area contributed by atoms with Crippen LogP contribution in [0, 0.1) is 0 Å². The van der Waals surface area contributed by atoms with E-state index in [0.29, 0.717) is 5.65 Å². The minimum atomic E-state index is -1.20. The number of ether oxygens (including phenoxy) is 1. The summed E-state index contributed by atoms with van der Waals surface area (Å²) in [6.45, 7) is -0.385. The van der Waals surface area contributed by atoms with Crippen molar-refractivity contribution < 1.29 is 20.1 Å². The van der Waals surface area contributed by atoms with Gasteiger partial charge in [0.15, 0.2) is 11.9 Å². The molecule has 1 saturated heterocycles. The Bertz CT molecular complexity index is 907. The zero-order valence-corrected chi connectivity index (χ0v) is 15.2. The number of aryl methyl sites for hydroxylation is 1. The highest BCUT2D eigenvalue weighted by atomic mass is 32.2. The monoisotopic (exact) mass is 388 g/mol. The van der Waals surface area contributed by atoms with Gasteiger partial charge in [0, 0.05) is 5.75 Å². The van der Waals surface area contributed by atoms with E-state index in [9.17, 15) is 15.3 Å². The molecule has 8 nitrogen and oxygen atoms in total. The lowest BCUT2D eigenvalue weighted by Gasteiger charge is -2.15. The lowest BCUT2D eigenvalue weighted by Crippen LogP contribution is -2.33. The first kappa shape index (κ1) is 18.3. The molecule has 0 aliphatic carbocycles. The van der Waals surface area contributed by atoms with Crippen molar-refractivity contribution >= 4 is 22.8 Å². The number of thioether (sulfide) groups is 1. The largest absolute Gasteiger partial charge is 0.394 e. The van der Waals surface area contributed by atoms with Crippen molar-refractivity contribution in [2.75, 3.05) is 12.4 Å². The van der Waals surface area contributed by atoms with Gasteiger partial charge >= 0.3 is 0 Å². The van der Waals surface area contributed by atoms with Gasteiger partial charge in [-0.1, -0.05) is 30.3 Å². The maximum atomic E-state index is 10.2. The summed E-state index contributed by atoms with van der Waals surface area (Å²) >= 11 is 1.61. The third kappa shape index (κ3) is 3.56. The fourth-order valence-electron chi connectivity index (χ4n) is 3.13. The van der Waals surface area contributed by atoms with Crippen LogP contribution in [0.1, 0.15) is 11.8 Å². The van der Waals surface area contributed by atoms with Crippen LogP contribution < -0.4 is 0 Å². The van der Waals surface area contributed by atoms with Crippen LogP contribution in [0.5, 0.6) is 0 Å². The molecule has 1 aliphatic heterocycles. The second-order valence-corrected chi connectivity index (χ2v) is 7.40. The summed E-state index contributed by atoms with van der Waals surface area (Å²) in [6, 6.07) is 10.2. The smallest absolute Gasteiger partial charge is 0.181 e. The Hall–Kier alpha value is -2.04. The molecule has 0 amide bonds. The van der Waals surface area contributed by atoms with E-state index >= 15 is 0 Å². The van der Waals surface area contributed by atoms with Gasteiger partial charge in [0.25, 0.3) is 0 Å². The molecular formula is C18H20N4O4S. The predicted molar refractivity (Wildman–Crippen MR) is 99.2 cm³/mol. The van der Waals surface area contributed by atoms with Gasteiger partial charge < -0.3 is 20.1 Å². The third-order valence-corrected chi connectivity index (χ3v) is 5.59. The first-order valence-corrected chi connectivity index (χ1v) is 9.65. The van der Waals surface area contributed by atoms with Gasteiger partial charge in [-0.3, -0.25) is 0 Å². The second-order valence-electron chi connectivity index (χ2n) is 6.32. The molecule has 27 heavy (non-hydrogen) atoms. The fraction of sp³-hybridized carbons (Fsp3) is 0.389. The number of aliphatic hydroxyl groups excluding tert-OH is 3. The number of aliphatic hydroxyl groups is 3. The van der Waals surface area contributed by atoms with Crippen molar-refractivity contribution in [1.82, 2.24) is 19.7 Å². The molecule has 4 rings (SSSR count). The Balaban J connectivity index is 1.53. The van der Waals surface area contributed by atoms with Crippen LogP contribution in [0.3, 0.4) is 0 Å². The van der Waals surface area contributed by atoms with Crippen LogP contribution in [0.4, 0.5) is 0 Å². The van der Waals surface area contributed by atoms with Gasteiger partial charge in [0.05, 0.1) is 18.2 Å². The Labute approximate surface area is 159 Å². The standard InChI is InChI=1S/C18H20N4O4S/c23-9-13-14(24)15(25)18(26-13)22-16-12(8-21-22)17(20-10-19-16)27-7-6-11-4-2-1-3-5-11/h1-5,8,10,13-15,18,23-25H,6-7,9H2/t13-,14-,15-,18-/m1/s1. The average molecular weight is 388 g/mol. The molecule has 2 aromatic heterocycles. The van der Waals surface area contributed by atoms with Gasteiger partial charge in [-0.2, -0.15) is 5.10 Å². The molecule has 0 bridgehead atoms. The number of hydrogen-bond donors (Lipinski definition) is 3. The van der Waals surface area contributed by atoms with Crippen molar-refractivity contribution in [3.05, 3.63) is 48.4 Å². The Morgan fingerprint density at radius 3 is 2.67 bits per heavy atom. The van der Waals surface area contributed by atoms with Crippen molar-refractivity contribution in [2.24, 2.45) is 0 Å². The van der Waals surface area contributed by atoms with E-state index in [4.69, 9.17) is 4.74 Å². The van der Waals surface area contributed by atoms with Gasteiger partial charge in [0.1, 0.15) is 29.7 Å². The zero-order valence-electron chi connectivity index (χ0n) is 14.4. The zero-order chi connectivity index (χ0) is 18.8. The SMILES string of the molecule is OC[C@H]1O[C@@H](n2ncc3c(SCCc4ccccc4)ncnc32)[C@H](O)[C@@H]1O. The van der Waals surface area contributed by atoms with Gasteiger partial charge in [-0.15, -0.1) is 11.8 Å². The highest BCUT2D eigenvalue weighted by molar-refractivity contribution is 7.99. The summed E-state index contributed by atoms with van der Waals surface area (Å²) in [5.74, 6) is 0.856. The average Bonchev–Trinajstić information content (AvgIpc) is 3.25. The Morgan fingerprint density at radius 2 is 1.93 bits per heavy atom. The summed E-state index contributed by atoms with van der Waals surface area (Å²) in [5, 5.41) is 35.3. The molecule has 0 unspecified atom stereocenters. The van der Waals surface area contributed by atoms with Crippen molar-refractivity contribution in [1.29, 1.82) is 0 Å². The summed E-state index contributed by atoms with van der Waals surface area (Å²) in [5.41, 5.74) is 1.78. The normalized spacial score (nSPS) is 25.3. The molecule has 0 saturated carbocycles. The number of nitrogens with zero attached hydrogens (tertiary/aromatic N) is 4. The summed E-state index contributed by atoms with van der Waals surface area (Å²) in [7, 11) is 0. The summed E-state index contributed by atoms with van der Waals surface area (Å²) < 4.78 is 6.98. The number of hydrogen-bond acceptors (Lipinski definition) is 8. The van der Waals surface area contributed by atoms with E-state index in [1.807, 2.05) is 18.2 Å². The van der Waals surface area contributed by atoms with Crippen LogP contribution in [0.15, 0.2) is 47.9 Å². The van der Waals surface area contributed by atoms with Crippen molar-refractivity contribution in [3.63, 3.8) is 0 Å². The van der Waals surface area contributed by atoms with Crippen LogP contribution >= 0.6 is 11.8 Å². The first-order valence-electron chi connectivity index (χ1n) is 8.66. The molecule has 1 fully saturated rings. The van der Waals surface area contributed by atoms with Gasteiger partial charge in [-0.25, -0.2) is 14.6 Å². The van der Waals surface area contributed by atoms with E-state index < -0.39 is 24.5 Å². The van der Waals surface area contributed by atoms with E-state index in [1.54, 1.807) is 18.0 Å². The Morgan fingerprint density at radius 1 is 1.11 bits per heavy atom. The fourth-order valence-corrected chi connectivity index (χ4v) is 4.09. The van der Waals surface area contributed by atoms with E-state index in [2.05, 4.69) is 27.2 Å². The van der Waals surface area contributed by atoms with Crippen LogP contribution in [-0.4, -0.2) is 65.7 Å². The maximum Gasteiger partial charge on any atom is 0.181 e. The second kappa shape index (κ2) is 7.91. The summed E-state index contributed by atoms with van der Waals surface area (Å²) in [6.07, 6.45) is -0.144. The molecule has 1 aliphatic rings. The topological polar surface area (TPSA) is 114 Å². The summed E-state index contributed by atoms with van der Waals surface area (Å²) in [4.78, 5) is 8.61. The third-order valence-electron chi connectivity index (χ3n) is 4.59.